The molecule has 0 aromatic carbocycles. The molecule has 1 heterocycles. The molecule has 0 aliphatic carbocycles. The van der Waals surface area contributed by atoms with Gasteiger partial charge in [0.15, 0.2) is 0 Å². The van der Waals surface area contributed by atoms with Crippen LogP contribution in [0.1, 0.15) is 0 Å². The molecule has 3 N–H and O–H groups in total. The fourth-order valence-corrected chi connectivity index (χ4v) is 2.09. The van der Waals surface area contributed by atoms with Crippen molar-refractivity contribution in [2.24, 2.45) is 0 Å². The lowest BCUT2D eigenvalue weighted by molar-refractivity contribution is -0.120. The summed E-state index contributed by atoms with van der Waals surface area (Å²) < 4.78 is 0.551. The molecule has 1 rings (SSSR count). The van der Waals surface area contributed by atoms with Gasteiger partial charge in [-0.15, -0.1) is 0 Å². The topological polar surface area (TPSA) is 178 Å². The lowest BCUT2D eigenvalue weighted by Crippen LogP contribution is -2.57. The molecular formula is C12H12Cl3N3O9. The predicted octanol–water partition coefficient (Wildman–Crippen LogP) is -3.45. The van der Waals surface area contributed by atoms with Crippen LogP contribution in [-0.4, -0.2) is 63.1 Å². The molecule has 0 amide bonds. The van der Waals surface area contributed by atoms with E-state index in [1.807, 2.05) is 0 Å². The standard InChI is InChI=1S/C12H12Cl3N3O9/c13-7(22)4(19)1-16-10(25)17(2-5(20)8(14)23)12(27)18(11(16)26)3-6(21)9(15)24/h4-6,19-21H,1-3H2. The molecule has 15 heteroatoms. The minimum Gasteiger partial charge on any atom is -0.382 e. The van der Waals surface area contributed by atoms with Crippen molar-refractivity contribution < 1.29 is 29.7 Å². The number of aromatic nitrogens is 3. The molecule has 0 bridgehead atoms. The van der Waals surface area contributed by atoms with E-state index in [0.29, 0.717) is 0 Å². The zero-order valence-electron chi connectivity index (χ0n) is 13.1. The zero-order chi connectivity index (χ0) is 21.0. The van der Waals surface area contributed by atoms with Crippen LogP contribution in [0.4, 0.5) is 0 Å². The molecule has 0 aliphatic heterocycles. The summed E-state index contributed by atoms with van der Waals surface area (Å²) in [6, 6.07) is 0. The number of rotatable bonds is 9. The Balaban J connectivity index is 3.67. The molecule has 1 aromatic rings. The summed E-state index contributed by atoms with van der Waals surface area (Å²) >= 11 is 15.2. The van der Waals surface area contributed by atoms with E-state index in [4.69, 9.17) is 34.8 Å². The van der Waals surface area contributed by atoms with Gasteiger partial charge >= 0.3 is 17.1 Å². The van der Waals surface area contributed by atoms with Crippen LogP contribution in [0, 0.1) is 0 Å². The van der Waals surface area contributed by atoms with Crippen LogP contribution in [0.15, 0.2) is 14.4 Å². The number of nitrogens with zero attached hydrogens (tertiary/aromatic N) is 3. The molecule has 1 aromatic heterocycles. The van der Waals surface area contributed by atoms with Crippen LogP contribution in [0.3, 0.4) is 0 Å². The maximum Gasteiger partial charge on any atom is 0.336 e. The number of carbonyl (C=O) groups is 3. The Kier molecular flexibility index (Phi) is 8.07. The minimum absolute atomic E-state index is 0.184. The number of aliphatic hydroxyl groups excluding tert-OH is 3. The predicted molar refractivity (Wildman–Crippen MR) is 89.8 cm³/mol. The summed E-state index contributed by atoms with van der Waals surface area (Å²) in [5, 5.41) is 24.5. The average Bonchev–Trinajstić information content (AvgIpc) is 2.58. The van der Waals surface area contributed by atoms with Crippen molar-refractivity contribution in [3.63, 3.8) is 0 Å². The normalized spacial score (nSPS) is 14.4. The second kappa shape index (κ2) is 9.39. The molecule has 0 spiro atoms. The van der Waals surface area contributed by atoms with E-state index in [9.17, 15) is 44.1 Å². The monoisotopic (exact) mass is 447 g/mol. The first kappa shape index (κ1) is 23.2. The van der Waals surface area contributed by atoms with Gasteiger partial charge in [0.2, 0.25) is 0 Å². The molecule has 0 saturated carbocycles. The largest absolute Gasteiger partial charge is 0.382 e. The molecule has 0 saturated heterocycles. The third-order valence-electron chi connectivity index (χ3n) is 3.24. The Morgan fingerprint density at radius 1 is 0.630 bits per heavy atom. The highest BCUT2D eigenvalue weighted by atomic mass is 35.5. The van der Waals surface area contributed by atoms with Crippen LogP contribution in [0.5, 0.6) is 0 Å². The van der Waals surface area contributed by atoms with Gasteiger partial charge in [0.1, 0.15) is 18.3 Å². The van der Waals surface area contributed by atoms with Gasteiger partial charge in [0.05, 0.1) is 19.6 Å². The molecule has 0 fully saturated rings. The Morgan fingerprint density at radius 2 is 0.815 bits per heavy atom. The first-order valence-electron chi connectivity index (χ1n) is 6.95. The fourth-order valence-electron chi connectivity index (χ4n) is 1.89. The maximum atomic E-state index is 12.3. The second-order valence-electron chi connectivity index (χ2n) is 5.14. The van der Waals surface area contributed by atoms with Crippen molar-refractivity contribution in [3.8, 4) is 0 Å². The van der Waals surface area contributed by atoms with Crippen molar-refractivity contribution in [3.05, 3.63) is 31.5 Å². The van der Waals surface area contributed by atoms with Gasteiger partial charge in [0.25, 0.3) is 15.7 Å². The van der Waals surface area contributed by atoms with Crippen LogP contribution < -0.4 is 17.1 Å². The Hall–Kier alpha value is -1.83. The smallest absolute Gasteiger partial charge is 0.336 e. The number of hydrogen-bond donors (Lipinski definition) is 3. The molecule has 3 atom stereocenters. The Morgan fingerprint density at radius 3 is 0.963 bits per heavy atom. The molecule has 27 heavy (non-hydrogen) atoms. The summed E-state index contributed by atoms with van der Waals surface area (Å²) in [6.07, 6.45) is -6.05. The Bertz CT molecular complexity index is 785. The summed E-state index contributed by atoms with van der Waals surface area (Å²) in [4.78, 5) is 69.9. The maximum absolute atomic E-state index is 12.3. The van der Waals surface area contributed by atoms with Gasteiger partial charge in [-0.3, -0.25) is 14.4 Å². The van der Waals surface area contributed by atoms with Gasteiger partial charge in [-0.1, -0.05) is 0 Å². The molecule has 3 unspecified atom stereocenters. The third-order valence-corrected chi connectivity index (χ3v) is 3.99. The second-order valence-corrected chi connectivity index (χ2v) is 6.26. The highest BCUT2D eigenvalue weighted by molar-refractivity contribution is 6.65. The van der Waals surface area contributed by atoms with Crippen molar-refractivity contribution in [2.45, 2.75) is 37.9 Å². The van der Waals surface area contributed by atoms with E-state index >= 15 is 0 Å². The van der Waals surface area contributed by atoms with E-state index in [1.165, 1.54) is 0 Å². The van der Waals surface area contributed by atoms with Crippen LogP contribution in [-0.2, 0) is 34.0 Å². The van der Waals surface area contributed by atoms with Gasteiger partial charge in [0, 0.05) is 0 Å². The number of carbonyl (C=O) groups excluding carboxylic acids is 3. The quantitative estimate of drug-likeness (QED) is 0.324. The van der Waals surface area contributed by atoms with E-state index in [0.717, 1.165) is 0 Å². The highest BCUT2D eigenvalue weighted by Gasteiger charge is 2.25. The molecule has 150 valence electrons. The first-order chi connectivity index (χ1) is 12.4. The minimum atomic E-state index is -2.02. The first-order valence-corrected chi connectivity index (χ1v) is 8.08. The van der Waals surface area contributed by atoms with Crippen molar-refractivity contribution in [2.75, 3.05) is 0 Å². The fraction of sp³-hybridized carbons (Fsp3) is 0.500. The van der Waals surface area contributed by atoms with Crippen LogP contribution in [0.25, 0.3) is 0 Å². The summed E-state index contributed by atoms with van der Waals surface area (Å²) in [6.45, 7) is -2.97. The highest BCUT2D eigenvalue weighted by Crippen LogP contribution is 1.97. The SMILES string of the molecule is O=C(Cl)C(O)Cn1c(=O)n(CC(O)C(=O)Cl)c(=O)n(CC(O)C(=O)Cl)c1=O. The average molecular weight is 449 g/mol. The van der Waals surface area contributed by atoms with Crippen molar-refractivity contribution in [1.29, 1.82) is 0 Å². The molecule has 12 nitrogen and oxygen atoms in total. The van der Waals surface area contributed by atoms with E-state index in [2.05, 4.69) is 0 Å². The van der Waals surface area contributed by atoms with Gasteiger partial charge < -0.3 is 15.3 Å². The van der Waals surface area contributed by atoms with Gasteiger partial charge in [-0.25, -0.2) is 28.1 Å². The third kappa shape index (κ3) is 5.57. The zero-order valence-corrected chi connectivity index (χ0v) is 15.4. The molecular weight excluding hydrogens is 437 g/mol. The van der Waals surface area contributed by atoms with E-state index in [1.54, 1.807) is 0 Å². The van der Waals surface area contributed by atoms with Gasteiger partial charge in [-0.2, -0.15) is 0 Å². The van der Waals surface area contributed by atoms with E-state index in [-0.39, 0.29) is 13.7 Å². The summed E-state index contributed by atoms with van der Waals surface area (Å²) in [7, 11) is 0. The number of aliphatic hydroxyl groups is 3. The van der Waals surface area contributed by atoms with Gasteiger partial charge in [-0.05, 0) is 34.8 Å². The lowest BCUT2D eigenvalue weighted by Gasteiger charge is -2.16. The molecule has 0 aliphatic rings. The Labute approximate surface area is 163 Å². The van der Waals surface area contributed by atoms with E-state index < -0.39 is 70.7 Å². The lowest BCUT2D eigenvalue weighted by atomic mass is 10.3. The van der Waals surface area contributed by atoms with Crippen LogP contribution >= 0.6 is 34.8 Å². The number of hydrogen-bond acceptors (Lipinski definition) is 9. The summed E-state index contributed by atoms with van der Waals surface area (Å²) in [5.41, 5.74) is -4.24. The van der Waals surface area contributed by atoms with Crippen molar-refractivity contribution >= 4 is 50.5 Å². The summed E-state index contributed by atoms with van der Waals surface area (Å²) in [5.74, 6) is 0. The van der Waals surface area contributed by atoms with Crippen LogP contribution in [0.2, 0.25) is 0 Å². The molecule has 0 radical (unpaired) electrons. The van der Waals surface area contributed by atoms with Crippen molar-refractivity contribution in [1.82, 2.24) is 13.7 Å². The number of halogens is 3.